The lowest BCUT2D eigenvalue weighted by Gasteiger charge is -2.44. The van der Waals surface area contributed by atoms with Crippen LogP contribution in [0, 0.1) is 11.8 Å². The first-order chi connectivity index (χ1) is 17.4. The van der Waals surface area contributed by atoms with Crippen molar-refractivity contribution in [2.45, 2.75) is 69.3 Å². The monoisotopic (exact) mass is 526 g/mol. The van der Waals surface area contributed by atoms with Crippen molar-refractivity contribution in [1.29, 1.82) is 0 Å². The number of carbonyl (C=O) groups excluding carboxylic acids is 1. The third-order valence-corrected chi connectivity index (χ3v) is 8.13. The van der Waals surface area contributed by atoms with Crippen LogP contribution in [0.4, 0.5) is 26.3 Å². The van der Waals surface area contributed by atoms with Crippen molar-refractivity contribution in [2.75, 3.05) is 13.1 Å². The van der Waals surface area contributed by atoms with E-state index in [4.69, 9.17) is 0 Å². The molecule has 2 aliphatic rings. The second kappa shape index (κ2) is 10.7. The van der Waals surface area contributed by atoms with Crippen LogP contribution in [0.5, 0.6) is 0 Å². The molecule has 2 N–H and O–H groups in total. The molecule has 0 spiro atoms. The largest absolute Gasteiger partial charge is 0.416 e. The van der Waals surface area contributed by atoms with E-state index in [1.807, 2.05) is 30.3 Å². The highest BCUT2D eigenvalue weighted by Gasteiger charge is 2.42. The standard InChI is InChI=1S/C28H32F6N2O/c1-18(21-15-23(27(29,30)31)17-24(16-21)28(32,33)34)25(37)36-26(22-5-3-2-4-6-22)11-7-19(8-12-26)20-9-13-35-14-10-20/h2-6,15-20,35H,7-14H2,1H3,(H,36,37)/t18?,19-,26-. The zero-order valence-electron chi connectivity index (χ0n) is 20.7. The summed E-state index contributed by atoms with van der Waals surface area (Å²) in [7, 11) is 0. The van der Waals surface area contributed by atoms with Crippen molar-refractivity contribution in [3.05, 3.63) is 70.8 Å². The van der Waals surface area contributed by atoms with E-state index in [0.717, 1.165) is 44.3 Å². The average Bonchev–Trinajstić information content (AvgIpc) is 2.88. The summed E-state index contributed by atoms with van der Waals surface area (Å²) in [4.78, 5) is 13.4. The number of piperidine rings is 1. The highest BCUT2D eigenvalue weighted by atomic mass is 19.4. The van der Waals surface area contributed by atoms with Gasteiger partial charge in [-0.25, -0.2) is 0 Å². The van der Waals surface area contributed by atoms with Crippen LogP contribution >= 0.6 is 0 Å². The number of benzene rings is 2. The summed E-state index contributed by atoms with van der Waals surface area (Å²) >= 11 is 0. The first-order valence-corrected chi connectivity index (χ1v) is 12.8. The Morgan fingerprint density at radius 2 is 1.38 bits per heavy atom. The molecule has 9 heteroatoms. The maximum absolute atomic E-state index is 13.4. The quantitative estimate of drug-likeness (QED) is 0.411. The van der Waals surface area contributed by atoms with Gasteiger partial charge in [0.25, 0.3) is 0 Å². The van der Waals surface area contributed by atoms with Crippen LogP contribution in [0.1, 0.15) is 73.6 Å². The molecule has 1 saturated carbocycles. The van der Waals surface area contributed by atoms with E-state index in [2.05, 4.69) is 10.6 Å². The summed E-state index contributed by atoms with van der Waals surface area (Å²) in [6, 6.07) is 10.8. The van der Waals surface area contributed by atoms with E-state index in [-0.39, 0.29) is 11.6 Å². The second-order valence-corrected chi connectivity index (χ2v) is 10.4. The van der Waals surface area contributed by atoms with Crippen molar-refractivity contribution < 1.29 is 31.1 Å². The molecule has 1 atom stereocenters. The first kappa shape index (κ1) is 27.5. The third-order valence-electron chi connectivity index (χ3n) is 8.13. The van der Waals surface area contributed by atoms with Crippen molar-refractivity contribution in [1.82, 2.24) is 10.6 Å². The second-order valence-electron chi connectivity index (χ2n) is 10.4. The first-order valence-electron chi connectivity index (χ1n) is 12.8. The molecule has 1 saturated heterocycles. The summed E-state index contributed by atoms with van der Waals surface area (Å²) in [6.07, 6.45) is -4.57. The topological polar surface area (TPSA) is 41.1 Å². The summed E-state index contributed by atoms with van der Waals surface area (Å²) in [5.41, 5.74) is -2.97. The number of nitrogens with one attached hydrogen (secondary N) is 2. The van der Waals surface area contributed by atoms with Gasteiger partial charge in [-0.3, -0.25) is 4.79 Å². The van der Waals surface area contributed by atoms with Crippen LogP contribution < -0.4 is 10.6 Å². The Bertz CT molecular complexity index is 1040. The number of carbonyl (C=O) groups is 1. The number of halogens is 6. The van der Waals surface area contributed by atoms with E-state index in [0.29, 0.717) is 36.8 Å². The molecule has 0 radical (unpaired) electrons. The maximum atomic E-state index is 13.4. The number of amides is 1. The van der Waals surface area contributed by atoms with Gasteiger partial charge in [-0.2, -0.15) is 26.3 Å². The molecule has 1 aliphatic carbocycles. The van der Waals surface area contributed by atoms with Crippen molar-refractivity contribution in [2.24, 2.45) is 11.8 Å². The highest BCUT2D eigenvalue weighted by molar-refractivity contribution is 5.84. The van der Waals surface area contributed by atoms with Crippen molar-refractivity contribution in [3.8, 4) is 0 Å². The molecule has 1 heterocycles. The van der Waals surface area contributed by atoms with Crippen LogP contribution in [-0.4, -0.2) is 19.0 Å². The Morgan fingerprint density at radius 1 is 0.865 bits per heavy atom. The Morgan fingerprint density at radius 3 is 1.89 bits per heavy atom. The SMILES string of the molecule is CC(C(=O)N[C@]1(c2ccccc2)CC[C@@H](C2CCNCC2)CC1)c1cc(C(F)(F)F)cc(C(F)(F)F)c1. The molecule has 2 aromatic carbocycles. The number of hydrogen-bond acceptors (Lipinski definition) is 2. The molecule has 0 bridgehead atoms. The van der Waals surface area contributed by atoms with Gasteiger partial charge in [-0.05, 0) is 99.7 Å². The van der Waals surface area contributed by atoms with Gasteiger partial charge in [-0.1, -0.05) is 30.3 Å². The minimum Gasteiger partial charge on any atom is -0.346 e. The van der Waals surface area contributed by atoms with E-state index in [9.17, 15) is 31.1 Å². The number of rotatable bonds is 5. The molecule has 1 aliphatic heterocycles. The zero-order valence-corrected chi connectivity index (χ0v) is 20.7. The Kier molecular flexibility index (Phi) is 7.93. The lowest BCUT2D eigenvalue weighted by molar-refractivity contribution is -0.143. The number of alkyl halides is 6. The summed E-state index contributed by atoms with van der Waals surface area (Å²) in [5.74, 6) is -0.635. The van der Waals surface area contributed by atoms with E-state index in [1.165, 1.54) is 6.92 Å². The Balaban J connectivity index is 1.59. The van der Waals surface area contributed by atoms with Gasteiger partial charge in [0.1, 0.15) is 0 Å². The van der Waals surface area contributed by atoms with Gasteiger partial charge < -0.3 is 10.6 Å². The van der Waals surface area contributed by atoms with Gasteiger partial charge in [0.15, 0.2) is 0 Å². The van der Waals surface area contributed by atoms with E-state index in [1.54, 1.807) is 0 Å². The van der Waals surface area contributed by atoms with Gasteiger partial charge in [0.05, 0.1) is 22.6 Å². The maximum Gasteiger partial charge on any atom is 0.416 e. The molecule has 1 unspecified atom stereocenters. The zero-order chi connectivity index (χ0) is 26.8. The van der Waals surface area contributed by atoms with Crippen LogP contribution in [-0.2, 0) is 22.7 Å². The summed E-state index contributed by atoms with van der Waals surface area (Å²) in [5, 5.41) is 6.45. The lowest BCUT2D eigenvalue weighted by Crippen LogP contribution is -2.50. The van der Waals surface area contributed by atoms with Gasteiger partial charge in [0.2, 0.25) is 5.91 Å². The molecular weight excluding hydrogens is 494 g/mol. The smallest absolute Gasteiger partial charge is 0.346 e. The molecule has 4 rings (SSSR count). The molecule has 37 heavy (non-hydrogen) atoms. The predicted octanol–water partition coefficient (Wildman–Crippen LogP) is 7.03. The predicted molar refractivity (Wildman–Crippen MR) is 129 cm³/mol. The normalized spacial score (nSPS) is 24.5. The fourth-order valence-electron chi connectivity index (χ4n) is 5.89. The van der Waals surface area contributed by atoms with Gasteiger partial charge in [-0.15, -0.1) is 0 Å². The van der Waals surface area contributed by atoms with Crippen LogP contribution in [0.25, 0.3) is 0 Å². The minimum atomic E-state index is -4.97. The van der Waals surface area contributed by atoms with Crippen LogP contribution in [0.3, 0.4) is 0 Å². The van der Waals surface area contributed by atoms with Gasteiger partial charge >= 0.3 is 12.4 Å². The van der Waals surface area contributed by atoms with E-state index >= 15 is 0 Å². The van der Waals surface area contributed by atoms with Crippen LogP contribution in [0.15, 0.2) is 48.5 Å². The molecule has 3 nitrogen and oxygen atoms in total. The molecular formula is C28H32F6N2O. The summed E-state index contributed by atoms with van der Waals surface area (Å²) < 4.78 is 80.2. The summed E-state index contributed by atoms with van der Waals surface area (Å²) in [6.45, 7) is 3.34. The highest BCUT2D eigenvalue weighted by Crippen LogP contribution is 2.44. The minimum absolute atomic E-state index is 0.0850. The molecule has 1 amide bonds. The molecule has 202 valence electrons. The van der Waals surface area contributed by atoms with Crippen molar-refractivity contribution >= 4 is 5.91 Å². The Hall–Kier alpha value is -2.55. The lowest BCUT2D eigenvalue weighted by atomic mass is 9.67. The van der Waals surface area contributed by atoms with Gasteiger partial charge in [0, 0.05) is 0 Å². The van der Waals surface area contributed by atoms with Crippen molar-refractivity contribution in [3.63, 3.8) is 0 Å². The Labute approximate surface area is 213 Å². The van der Waals surface area contributed by atoms with E-state index < -0.39 is 40.8 Å². The van der Waals surface area contributed by atoms with Crippen LogP contribution in [0.2, 0.25) is 0 Å². The average molecular weight is 527 g/mol. The molecule has 2 aromatic rings. The number of hydrogen-bond donors (Lipinski definition) is 2. The third kappa shape index (κ3) is 6.30. The fraction of sp³-hybridized carbons (Fsp3) is 0.536. The molecule has 2 fully saturated rings. The molecule has 0 aromatic heterocycles. The fourth-order valence-corrected chi connectivity index (χ4v) is 5.89.